The predicted molar refractivity (Wildman–Crippen MR) is 159 cm³/mol. The molecule has 1 aromatic carbocycles. The van der Waals surface area contributed by atoms with E-state index in [9.17, 15) is 9.59 Å². The Balaban J connectivity index is 1.17. The fourth-order valence-corrected chi connectivity index (χ4v) is 4.96. The quantitative estimate of drug-likeness (QED) is 0.406. The van der Waals surface area contributed by atoms with Gasteiger partial charge in [-0.15, -0.1) is 0 Å². The van der Waals surface area contributed by atoms with Crippen molar-refractivity contribution >= 4 is 46.7 Å². The van der Waals surface area contributed by atoms with Gasteiger partial charge >= 0.3 is 6.09 Å². The van der Waals surface area contributed by atoms with Crippen LogP contribution in [0, 0.1) is 0 Å². The number of aromatic nitrogens is 3. The summed E-state index contributed by atoms with van der Waals surface area (Å²) in [5, 5.41) is 14.3. The molecule has 1 saturated carbocycles. The zero-order valence-corrected chi connectivity index (χ0v) is 23.7. The van der Waals surface area contributed by atoms with Crippen molar-refractivity contribution in [3.8, 4) is 0 Å². The maximum Gasteiger partial charge on any atom is 0.410 e. The van der Waals surface area contributed by atoms with Crippen molar-refractivity contribution in [1.82, 2.24) is 24.8 Å². The molecule has 0 atom stereocenters. The standard InChI is InChI=1S/C30H36N8O3/c1-19-20(16-27(39)32-19)15-21-18-31-38-26(34-23-5-6-23)17-25(35-28(21)38)33-22-7-9-24(10-8-22)36-11-13-37(14-12-36)29(40)41-30(2,3)4/h7-10,15,17-18,23,34H,1,5-6,11-14,16H2,2-4H3,(H,32,39)(H,33,35)/b20-15+. The van der Waals surface area contributed by atoms with Crippen LogP contribution in [0.25, 0.3) is 11.7 Å². The minimum absolute atomic E-state index is 0.0579. The maximum absolute atomic E-state index is 12.4. The number of nitrogens with one attached hydrogen (secondary N) is 3. The van der Waals surface area contributed by atoms with E-state index in [0.29, 0.717) is 42.7 Å². The van der Waals surface area contributed by atoms with Gasteiger partial charge in [-0.2, -0.15) is 9.61 Å². The first-order valence-corrected chi connectivity index (χ1v) is 14.1. The van der Waals surface area contributed by atoms with Gasteiger partial charge in [0.05, 0.1) is 12.6 Å². The van der Waals surface area contributed by atoms with Gasteiger partial charge in [0.2, 0.25) is 5.91 Å². The molecule has 0 radical (unpaired) electrons. The van der Waals surface area contributed by atoms with Crippen LogP contribution >= 0.6 is 0 Å². The van der Waals surface area contributed by atoms with Crippen molar-refractivity contribution in [1.29, 1.82) is 0 Å². The van der Waals surface area contributed by atoms with Crippen LogP contribution in [-0.2, 0) is 9.53 Å². The van der Waals surface area contributed by atoms with Crippen molar-refractivity contribution in [3.63, 3.8) is 0 Å². The molecule has 3 fully saturated rings. The van der Waals surface area contributed by atoms with Crippen LogP contribution in [0.1, 0.15) is 45.6 Å². The SMILES string of the molecule is C=C1NC(=O)C/C1=C\c1cnn2c(NC3CC3)cc(Nc3ccc(N4CCN(C(=O)OC(C)(C)C)CC4)cc3)nc12. The Hall–Kier alpha value is -4.54. The molecule has 4 heterocycles. The number of hydrogen-bond acceptors (Lipinski definition) is 8. The number of fused-ring (bicyclic) bond motifs is 1. The van der Waals surface area contributed by atoms with E-state index in [1.807, 2.05) is 49.6 Å². The number of hydrogen-bond donors (Lipinski definition) is 3. The molecule has 3 aromatic rings. The molecule has 0 spiro atoms. The number of nitrogens with zero attached hydrogens (tertiary/aromatic N) is 5. The van der Waals surface area contributed by atoms with E-state index >= 15 is 0 Å². The molecule has 1 aliphatic carbocycles. The Morgan fingerprint density at radius 2 is 1.88 bits per heavy atom. The second kappa shape index (κ2) is 10.5. The Kier molecular flexibility index (Phi) is 6.80. The minimum Gasteiger partial charge on any atom is -0.444 e. The highest BCUT2D eigenvalue weighted by Crippen LogP contribution is 2.30. The normalized spacial score (nSPS) is 18.7. The van der Waals surface area contributed by atoms with Gasteiger partial charge in [-0.05, 0) is 69.5 Å². The van der Waals surface area contributed by atoms with Crippen molar-refractivity contribution in [2.75, 3.05) is 41.7 Å². The number of rotatable bonds is 6. The fraction of sp³-hybridized carbons (Fsp3) is 0.400. The lowest BCUT2D eigenvalue weighted by molar-refractivity contribution is -0.118. The van der Waals surface area contributed by atoms with Gasteiger partial charge in [0.15, 0.2) is 5.65 Å². The van der Waals surface area contributed by atoms with Gasteiger partial charge in [-0.1, -0.05) is 6.58 Å². The second-order valence-corrected chi connectivity index (χ2v) is 11.8. The average molecular weight is 557 g/mol. The highest BCUT2D eigenvalue weighted by atomic mass is 16.6. The van der Waals surface area contributed by atoms with Gasteiger partial charge in [0, 0.05) is 60.9 Å². The molecule has 2 amide bonds. The first-order valence-electron chi connectivity index (χ1n) is 14.1. The first kappa shape index (κ1) is 26.7. The zero-order valence-electron chi connectivity index (χ0n) is 23.7. The molecule has 3 aliphatic rings. The summed E-state index contributed by atoms with van der Waals surface area (Å²) in [6, 6.07) is 10.6. The van der Waals surface area contributed by atoms with Crippen LogP contribution in [0.3, 0.4) is 0 Å². The Morgan fingerprint density at radius 3 is 2.51 bits per heavy atom. The molecule has 2 aliphatic heterocycles. The monoisotopic (exact) mass is 556 g/mol. The molecular formula is C30H36N8O3. The lowest BCUT2D eigenvalue weighted by Crippen LogP contribution is -2.50. The van der Waals surface area contributed by atoms with Crippen LogP contribution in [0.15, 0.2) is 54.4 Å². The summed E-state index contributed by atoms with van der Waals surface area (Å²) in [5.74, 6) is 1.50. The fourth-order valence-electron chi connectivity index (χ4n) is 4.96. The van der Waals surface area contributed by atoms with Crippen molar-refractivity contribution < 1.29 is 14.3 Å². The number of piperazine rings is 1. The summed E-state index contributed by atoms with van der Waals surface area (Å²) in [5.41, 5.74) is 4.48. The molecule has 41 heavy (non-hydrogen) atoms. The Morgan fingerprint density at radius 1 is 1.15 bits per heavy atom. The third kappa shape index (κ3) is 6.13. The number of allylic oxidation sites excluding steroid dienone is 1. The molecule has 2 aromatic heterocycles. The molecule has 11 nitrogen and oxygen atoms in total. The molecule has 0 unspecified atom stereocenters. The van der Waals surface area contributed by atoms with E-state index in [-0.39, 0.29) is 12.0 Å². The molecular weight excluding hydrogens is 520 g/mol. The Bertz CT molecular complexity index is 1520. The summed E-state index contributed by atoms with van der Waals surface area (Å²) >= 11 is 0. The number of carbonyl (C=O) groups excluding carboxylic acids is 2. The van der Waals surface area contributed by atoms with E-state index in [1.54, 1.807) is 11.1 Å². The van der Waals surface area contributed by atoms with Gasteiger partial charge in [-0.3, -0.25) is 4.79 Å². The van der Waals surface area contributed by atoms with Gasteiger partial charge in [0.1, 0.15) is 17.2 Å². The first-order chi connectivity index (χ1) is 19.6. The lowest BCUT2D eigenvalue weighted by atomic mass is 10.1. The average Bonchev–Trinajstić information content (AvgIpc) is 3.56. The Labute approximate surface area is 239 Å². The molecule has 2 saturated heterocycles. The van der Waals surface area contributed by atoms with Crippen LogP contribution in [0.5, 0.6) is 0 Å². The number of benzene rings is 1. The zero-order chi connectivity index (χ0) is 28.7. The third-order valence-corrected chi connectivity index (χ3v) is 7.22. The van der Waals surface area contributed by atoms with E-state index in [1.165, 1.54) is 0 Å². The summed E-state index contributed by atoms with van der Waals surface area (Å²) in [7, 11) is 0. The van der Waals surface area contributed by atoms with Gasteiger partial charge in [-0.25, -0.2) is 9.78 Å². The predicted octanol–water partition coefficient (Wildman–Crippen LogP) is 4.52. The van der Waals surface area contributed by atoms with Crippen molar-refractivity contribution in [2.45, 2.75) is 51.7 Å². The topological polar surface area (TPSA) is 116 Å². The maximum atomic E-state index is 12.4. The third-order valence-electron chi connectivity index (χ3n) is 7.22. The summed E-state index contributed by atoms with van der Waals surface area (Å²) in [4.78, 5) is 33.1. The number of amides is 2. The number of ether oxygens (including phenoxy) is 1. The van der Waals surface area contributed by atoms with Gasteiger partial charge in [0.25, 0.3) is 0 Å². The van der Waals surface area contributed by atoms with E-state index in [4.69, 9.17) is 9.72 Å². The molecule has 0 bridgehead atoms. The highest BCUT2D eigenvalue weighted by molar-refractivity contribution is 5.90. The van der Waals surface area contributed by atoms with Crippen LogP contribution < -0.4 is 20.9 Å². The van der Waals surface area contributed by atoms with Gasteiger partial charge < -0.3 is 30.5 Å². The van der Waals surface area contributed by atoms with Crippen molar-refractivity contribution in [3.05, 3.63) is 59.9 Å². The van der Waals surface area contributed by atoms with E-state index in [2.05, 4.69) is 44.7 Å². The molecule has 11 heteroatoms. The largest absolute Gasteiger partial charge is 0.444 e. The lowest BCUT2D eigenvalue weighted by Gasteiger charge is -2.36. The summed E-state index contributed by atoms with van der Waals surface area (Å²) in [6.07, 6.45) is 6.00. The smallest absolute Gasteiger partial charge is 0.410 e. The summed E-state index contributed by atoms with van der Waals surface area (Å²) < 4.78 is 7.32. The highest BCUT2D eigenvalue weighted by Gasteiger charge is 2.26. The number of carbonyl (C=O) groups is 2. The molecule has 214 valence electrons. The molecule has 6 rings (SSSR count). The van der Waals surface area contributed by atoms with Crippen LogP contribution in [0.4, 0.5) is 27.8 Å². The molecule has 3 N–H and O–H groups in total. The summed E-state index contributed by atoms with van der Waals surface area (Å²) in [6.45, 7) is 12.3. The van der Waals surface area contributed by atoms with Crippen molar-refractivity contribution in [2.24, 2.45) is 0 Å². The minimum atomic E-state index is -0.495. The number of anilines is 4. The second-order valence-electron chi connectivity index (χ2n) is 11.8. The van der Waals surface area contributed by atoms with Crippen LogP contribution in [-0.4, -0.2) is 69.3 Å². The van der Waals surface area contributed by atoms with E-state index in [0.717, 1.165) is 54.3 Å². The van der Waals surface area contributed by atoms with E-state index < -0.39 is 5.60 Å². The van der Waals surface area contributed by atoms with Crippen LogP contribution in [0.2, 0.25) is 0 Å².